The number of hydrogen-bond donors (Lipinski definition) is 1. The maximum absolute atomic E-state index is 5.93. The number of aromatic nitrogens is 1. The Labute approximate surface area is 114 Å². The second-order valence-corrected chi connectivity index (χ2v) is 5.42. The van der Waals surface area contributed by atoms with E-state index in [2.05, 4.69) is 17.1 Å². The van der Waals surface area contributed by atoms with E-state index >= 15 is 0 Å². The van der Waals surface area contributed by atoms with Crippen molar-refractivity contribution in [2.75, 3.05) is 0 Å². The van der Waals surface area contributed by atoms with Gasteiger partial charge in [0.1, 0.15) is 11.3 Å². The molecule has 0 radical (unpaired) electrons. The lowest BCUT2D eigenvalue weighted by Gasteiger charge is -2.15. The second kappa shape index (κ2) is 5.57. The highest BCUT2D eigenvalue weighted by atomic mass is 16.5. The molecule has 1 unspecified atom stereocenters. The molecule has 0 bridgehead atoms. The third-order valence-corrected chi connectivity index (χ3v) is 2.92. The van der Waals surface area contributed by atoms with Gasteiger partial charge in [0.05, 0.1) is 6.10 Å². The maximum Gasteiger partial charge on any atom is 0.145 e. The molecule has 102 valence electrons. The number of fused-ring (bicyclic) bond motifs is 1. The van der Waals surface area contributed by atoms with Crippen LogP contribution in [0.1, 0.15) is 32.0 Å². The lowest BCUT2D eigenvalue weighted by molar-refractivity contribution is 0.245. The van der Waals surface area contributed by atoms with E-state index in [1.165, 1.54) is 5.56 Å². The maximum atomic E-state index is 5.93. The molecule has 0 saturated heterocycles. The van der Waals surface area contributed by atoms with Crippen molar-refractivity contribution in [2.45, 2.75) is 46.3 Å². The molecule has 0 fully saturated rings. The minimum absolute atomic E-state index is 0.139. The monoisotopic (exact) mass is 258 g/mol. The van der Waals surface area contributed by atoms with Gasteiger partial charge in [-0.15, -0.1) is 0 Å². The van der Waals surface area contributed by atoms with Gasteiger partial charge in [-0.05, 0) is 51.8 Å². The SMILES string of the molecule is Cc1cc(CC(C)N)c2cccc(OC(C)C)c2n1. The number of aryl methyl sites for hydroxylation is 1. The number of nitrogens with two attached hydrogens (primary N) is 1. The van der Waals surface area contributed by atoms with Crippen molar-refractivity contribution in [1.82, 2.24) is 4.98 Å². The lowest BCUT2D eigenvalue weighted by Crippen LogP contribution is -2.18. The van der Waals surface area contributed by atoms with Crippen molar-refractivity contribution in [3.05, 3.63) is 35.5 Å². The Morgan fingerprint density at radius 3 is 2.63 bits per heavy atom. The fourth-order valence-corrected chi connectivity index (χ4v) is 2.30. The first kappa shape index (κ1) is 13.8. The first-order chi connectivity index (χ1) is 8.97. The van der Waals surface area contributed by atoms with Crippen LogP contribution in [0.2, 0.25) is 0 Å². The molecule has 1 heterocycles. The molecule has 19 heavy (non-hydrogen) atoms. The van der Waals surface area contributed by atoms with Crippen LogP contribution in [0.15, 0.2) is 24.3 Å². The lowest BCUT2D eigenvalue weighted by atomic mass is 10.0. The third kappa shape index (κ3) is 3.24. The fourth-order valence-electron chi connectivity index (χ4n) is 2.30. The summed E-state index contributed by atoms with van der Waals surface area (Å²) in [6, 6.07) is 8.34. The van der Waals surface area contributed by atoms with Crippen LogP contribution in [-0.2, 0) is 6.42 Å². The standard InChI is InChI=1S/C16H22N2O/c1-10(2)19-15-7-5-6-14-13(8-11(3)17)9-12(4)18-16(14)15/h5-7,9-11H,8,17H2,1-4H3. The van der Waals surface area contributed by atoms with Crippen LogP contribution in [0.4, 0.5) is 0 Å². The molecule has 0 aliphatic rings. The van der Waals surface area contributed by atoms with Gasteiger partial charge >= 0.3 is 0 Å². The molecule has 2 rings (SSSR count). The minimum atomic E-state index is 0.139. The summed E-state index contributed by atoms with van der Waals surface area (Å²) >= 11 is 0. The Kier molecular flexibility index (Phi) is 4.05. The Morgan fingerprint density at radius 1 is 1.26 bits per heavy atom. The van der Waals surface area contributed by atoms with Gasteiger partial charge in [0, 0.05) is 17.1 Å². The van der Waals surface area contributed by atoms with E-state index in [1.54, 1.807) is 0 Å². The summed E-state index contributed by atoms with van der Waals surface area (Å²) in [6.45, 7) is 8.08. The first-order valence-electron chi connectivity index (χ1n) is 6.79. The molecule has 3 heteroatoms. The van der Waals surface area contributed by atoms with E-state index in [9.17, 15) is 0 Å². The van der Waals surface area contributed by atoms with Crippen molar-refractivity contribution >= 4 is 10.9 Å². The van der Waals surface area contributed by atoms with Gasteiger partial charge in [0.15, 0.2) is 0 Å². The van der Waals surface area contributed by atoms with Crippen LogP contribution in [-0.4, -0.2) is 17.1 Å². The summed E-state index contributed by atoms with van der Waals surface area (Å²) in [5, 5.41) is 1.14. The molecule has 1 atom stereocenters. The van der Waals surface area contributed by atoms with Crippen LogP contribution < -0.4 is 10.5 Å². The molecule has 0 spiro atoms. The van der Waals surface area contributed by atoms with Crippen LogP contribution >= 0.6 is 0 Å². The zero-order valence-corrected chi connectivity index (χ0v) is 12.1. The molecular weight excluding hydrogens is 236 g/mol. The highest BCUT2D eigenvalue weighted by Gasteiger charge is 2.11. The molecule has 1 aromatic heterocycles. The van der Waals surface area contributed by atoms with Crippen LogP contribution in [0.25, 0.3) is 10.9 Å². The number of nitrogens with zero attached hydrogens (tertiary/aromatic N) is 1. The zero-order valence-electron chi connectivity index (χ0n) is 12.1. The summed E-state index contributed by atoms with van der Waals surface area (Å²) in [5.74, 6) is 0.849. The Balaban J connectivity index is 2.59. The second-order valence-electron chi connectivity index (χ2n) is 5.42. The predicted octanol–water partition coefficient (Wildman–Crippen LogP) is 3.22. The predicted molar refractivity (Wildman–Crippen MR) is 79.6 cm³/mol. The van der Waals surface area contributed by atoms with Crippen LogP contribution in [0.5, 0.6) is 5.75 Å². The Morgan fingerprint density at radius 2 is 2.00 bits per heavy atom. The Hall–Kier alpha value is -1.61. The highest BCUT2D eigenvalue weighted by Crippen LogP contribution is 2.28. The summed E-state index contributed by atoms with van der Waals surface area (Å²) in [5.41, 5.74) is 9.11. The van der Waals surface area contributed by atoms with Gasteiger partial charge in [0.25, 0.3) is 0 Å². The molecule has 2 N–H and O–H groups in total. The van der Waals surface area contributed by atoms with E-state index in [4.69, 9.17) is 10.5 Å². The average molecular weight is 258 g/mol. The number of hydrogen-bond acceptors (Lipinski definition) is 3. The van der Waals surface area contributed by atoms with Gasteiger partial charge in [-0.3, -0.25) is 0 Å². The summed E-state index contributed by atoms with van der Waals surface area (Å²) in [4.78, 5) is 4.63. The fraction of sp³-hybridized carbons (Fsp3) is 0.438. The number of para-hydroxylation sites is 1. The molecule has 3 nitrogen and oxygen atoms in total. The number of ether oxygens (including phenoxy) is 1. The van der Waals surface area contributed by atoms with Gasteiger partial charge in [0.2, 0.25) is 0 Å². The molecule has 0 aliphatic carbocycles. The van der Waals surface area contributed by atoms with E-state index in [0.717, 1.165) is 28.8 Å². The Bertz CT molecular complexity index is 576. The van der Waals surface area contributed by atoms with E-state index in [0.29, 0.717) is 0 Å². The molecular formula is C16H22N2O. The van der Waals surface area contributed by atoms with E-state index in [1.807, 2.05) is 39.8 Å². The van der Waals surface area contributed by atoms with Gasteiger partial charge < -0.3 is 10.5 Å². The zero-order chi connectivity index (χ0) is 14.0. The van der Waals surface area contributed by atoms with Crippen LogP contribution in [0.3, 0.4) is 0 Å². The molecule has 2 aromatic rings. The van der Waals surface area contributed by atoms with Crippen molar-refractivity contribution < 1.29 is 4.74 Å². The summed E-state index contributed by atoms with van der Waals surface area (Å²) in [7, 11) is 0. The van der Waals surface area contributed by atoms with Crippen molar-refractivity contribution in [3.8, 4) is 5.75 Å². The summed E-state index contributed by atoms with van der Waals surface area (Å²) < 4.78 is 5.85. The molecule has 0 aliphatic heterocycles. The largest absolute Gasteiger partial charge is 0.489 e. The normalized spacial score (nSPS) is 12.9. The van der Waals surface area contributed by atoms with Crippen molar-refractivity contribution in [3.63, 3.8) is 0 Å². The number of rotatable bonds is 4. The number of pyridine rings is 1. The van der Waals surface area contributed by atoms with E-state index in [-0.39, 0.29) is 12.1 Å². The van der Waals surface area contributed by atoms with Crippen molar-refractivity contribution in [2.24, 2.45) is 5.73 Å². The number of benzene rings is 1. The summed E-state index contributed by atoms with van der Waals surface area (Å²) in [6.07, 6.45) is 0.996. The van der Waals surface area contributed by atoms with Crippen molar-refractivity contribution in [1.29, 1.82) is 0 Å². The highest BCUT2D eigenvalue weighted by molar-refractivity contribution is 5.87. The molecule has 0 saturated carbocycles. The van der Waals surface area contributed by atoms with Gasteiger partial charge in [-0.25, -0.2) is 4.98 Å². The van der Waals surface area contributed by atoms with E-state index < -0.39 is 0 Å². The topological polar surface area (TPSA) is 48.1 Å². The molecule has 0 amide bonds. The minimum Gasteiger partial charge on any atom is -0.489 e. The van der Waals surface area contributed by atoms with Gasteiger partial charge in [-0.1, -0.05) is 12.1 Å². The quantitative estimate of drug-likeness (QED) is 0.916. The average Bonchev–Trinajstić information content (AvgIpc) is 2.28. The third-order valence-electron chi connectivity index (χ3n) is 2.92. The van der Waals surface area contributed by atoms with Crippen LogP contribution in [0, 0.1) is 6.92 Å². The first-order valence-corrected chi connectivity index (χ1v) is 6.79. The smallest absolute Gasteiger partial charge is 0.145 e. The van der Waals surface area contributed by atoms with Gasteiger partial charge in [-0.2, -0.15) is 0 Å². The molecule has 1 aromatic carbocycles.